The standard InChI is InChI=1S/C10H21F3N2O2S/c1-3-7-15(9-10(11,12)13)18(16,17)8-5-6-14-4-2/h14H,3-9H2,1-2H3. The Morgan fingerprint density at radius 2 is 1.83 bits per heavy atom. The first-order chi connectivity index (χ1) is 8.23. The van der Waals surface area contributed by atoms with Crippen molar-refractivity contribution in [3.8, 4) is 0 Å². The first-order valence-corrected chi connectivity index (χ1v) is 7.59. The van der Waals surface area contributed by atoms with Crippen LogP contribution in [0.4, 0.5) is 13.2 Å². The molecule has 0 amide bonds. The average molecular weight is 290 g/mol. The number of hydrogen-bond donors (Lipinski definition) is 1. The maximum Gasteiger partial charge on any atom is 0.402 e. The van der Waals surface area contributed by atoms with Gasteiger partial charge in [0, 0.05) is 6.54 Å². The second kappa shape index (κ2) is 7.96. The van der Waals surface area contributed by atoms with Crippen LogP contribution < -0.4 is 5.32 Å². The highest BCUT2D eigenvalue weighted by atomic mass is 32.2. The number of hydrogen-bond acceptors (Lipinski definition) is 3. The lowest BCUT2D eigenvalue weighted by Gasteiger charge is -2.22. The monoisotopic (exact) mass is 290 g/mol. The first kappa shape index (κ1) is 17.7. The summed E-state index contributed by atoms with van der Waals surface area (Å²) in [5.41, 5.74) is 0. The topological polar surface area (TPSA) is 49.4 Å². The van der Waals surface area contributed by atoms with Gasteiger partial charge in [-0.3, -0.25) is 0 Å². The van der Waals surface area contributed by atoms with Crippen molar-refractivity contribution >= 4 is 10.0 Å². The zero-order chi connectivity index (χ0) is 14.2. The molecule has 0 bridgehead atoms. The van der Waals surface area contributed by atoms with E-state index in [2.05, 4.69) is 5.32 Å². The second-order valence-electron chi connectivity index (χ2n) is 3.97. The van der Waals surface area contributed by atoms with Crippen LogP contribution in [-0.4, -0.2) is 50.8 Å². The van der Waals surface area contributed by atoms with Gasteiger partial charge in [0.2, 0.25) is 10.0 Å². The number of rotatable bonds is 9. The minimum Gasteiger partial charge on any atom is -0.317 e. The summed E-state index contributed by atoms with van der Waals surface area (Å²) in [4.78, 5) is 0. The molecule has 0 aromatic carbocycles. The molecule has 0 aliphatic heterocycles. The number of nitrogens with one attached hydrogen (secondary N) is 1. The third kappa shape index (κ3) is 7.88. The van der Waals surface area contributed by atoms with Gasteiger partial charge in [0.15, 0.2) is 0 Å². The summed E-state index contributed by atoms with van der Waals surface area (Å²) in [5.74, 6) is -0.254. The summed E-state index contributed by atoms with van der Waals surface area (Å²) < 4.78 is 60.9. The van der Waals surface area contributed by atoms with Crippen molar-refractivity contribution in [2.75, 3.05) is 31.9 Å². The van der Waals surface area contributed by atoms with E-state index in [0.717, 1.165) is 0 Å². The molecule has 4 nitrogen and oxygen atoms in total. The van der Waals surface area contributed by atoms with Gasteiger partial charge in [0.1, 0.15) is 6.54 Å². The fraction of sp³-hybridized carbons (Fsp3) is 1.00. The van der Waals surface area contributed by atoms with Gasteiger partial charge >= 0.3 is 6.18 Å². The molecular weight excluding hydrogens is 269 g/mol. The first-order valence-electron chi connectivity index (χ1n) is 5.98. The summed E-state index contributed by atoms with van der Waals surface area (Å²) >= 11 is 0. The van der Waals surface area contributed by atoms with E-state index in [0.29, 0.717) is 30.2 Å². The Labute approximate surface area is 107 Å². The minimum atomic E-state index is -4.50. The van der Waals surface area contributed by atoms with Gasteiger partial charge in [-0.25, -0.2) is 8.42 Å². The third-order valence-corrected chi connectivity index (χ3v) is 4.13. The Bertz CT molecular complexity index is 318. The Morgan fingerprint density at radius 1 is 1.22 bits per heavy atom. The molecule has 0 spiro atoms. The quantitative estimate of drug-likeness (QED) is 0.656. The molecule has 0 aromatic heterocycles. The lowest BCUT2D eigenvalue weighted by atomic mass is 10.5. The van der Waals surface area contributed by atoms with Crippen LogP contribution in [0.2, 0.25) is 0 Å². The van der Waals surface area contributed by atoms with Crippen molar-refractivity contribution < 1.29 is 21.6 Å². The normalized spacial score (nSPS) is 13.2. The van der Waals surface area contributed by atoms with E-state index < -0.39 is 22.7 Å². The van der Waals surface area contributed by atoms with E-state index >= 15 is 0 Å². The van der Waals surface area contributed by atoms with Gasteiger partial charge < -0.3 is 5.32 Å². The molecular formula is C10H21F3N2O2S. The van der Waals surface area contributed by atoms with Gasteiger partial charge in [-0.05, 0) is 25.9 Å². The van der Waals surface area contributed by atoms with Gasteiger partial charge in [-0.15, -0.1) is 0 Å². The molecule has 8 heteroatoms. The van der Waals surface area contributed by atoms with Crippen LogP contribution in [0.3, 0.4) is 0 Å². The van der Waals surface area contributed by atoms with E-state index in [4.69, 9.17) is 0 Å². The van der Waals surface area contributed by atoms with Crippen LogP contribution in [0, 0.1) is 0 Å². The second-order valence-corrected chi connectivity index (χ2v) is 6.06. The smallest absolute Gasteiger partial charge is 0.317 e. The van der Waals surface area contributed by atoms with E-state index in [1.165, 1.54) is 0 Å². The van der Waals surface area contributed by atoms with Gasteiger partial charge in [0.05, 0.1) is 5.75 Å². The minimum absolute atomic E-state index is 0.0942. The van der Waals surface area contributed by atoms with E-state index in [9.17, 15) is 21.6 Å². The molecule has 0 aliphatic carbocycles. The number of sulfonamides is 1. The Morgan fingerprint density at radius 3 is 2.28 bits per heavy atom. The maximum atomic E-state index is 12.3. The van der Waals surface area contributed by atoms with E-state index in [-0.39, 0.29) is 12.3 Å². The molecule has 0 rings (SSSR count). The summed E-state index contributed by atoms with van der Waals surface area (Å²) in [7, 11) is -3.82. The molecule has 0 heterocycles. The Kier molecular flexibility index (Phi) is 7.81. The predicted octanol–water partition coefficient (Wildman–Crippen LogP) is 1.59. The summed E-state index contributed by atoms with van der Waals surface area (Å²) in [6.45, 7) is 3.23. The van der Waals surface area contributed by atoms with Crippen LogP contribution >= 0.6 is 0 Å². The molecule has 0 saturated carbocycles. The van der Waals surface area contributed by atoms with Crippen LogP contribution in [-0.2, 0) is 10.0 Å². The molecule has 0 aliphatic rings. The van der Waals surface area contributed by atoms with E-state index in [1.54, 1.807) is 6.92 Å². The SMILES string of the molecule is CCCN(CC(F)(F)F)S(=O)(=O)CCCNCC. The molecule has 0 unspecified atom stereocenters. The van der Waals surface area contributed by atoms with Crippen LogP contribution in [0.5, 0.6) is 0 Å². The number of alkyl halides is 3. The fourth-order valence-electron chi connectivity index (χ4n) is 1.45. The Hall–Kier alpha value is -0.340. The lowest BCUT2D eigenvalue weighted by Crippen LogP contribution is -2.41. The van der Waals surface area contributed by atoms with Gasteiger partial charge in [0.25, 0.3) is 0 Å². The Balaban J connectivity index is 4.47. The van der Waals surface area contributed by atoms with Crippen molar-refractivity contribution in [2.45, 2.75) is 32.9 Å². The molecule has 0 atom stereocenters. The van der Waals surface area contributed by atoms with Crippen molar-refractivity contribution in [3.63, 3.8) is 0 Å². The van der Waals surface area contributed by atoms with Gasteiger partial charge in [-0.1, -0.05) is 13.8 Å². The van der Waals surface area contributed by atoms with Crippen LogP contribution in [0.1, 0.15) is 26.7 Å². The molecule has 0 radical (unpaired) electrons. The summed E-state index contributed by atoms with van der Waals surface area (Å²) in [6, 6.07) is 0. The summed E-state index contributed by atoms with van der Waals surface area (Å²) in [6.07, 6.45) is -3.82. The summed E-state index contributed by atoms with van der Waals surface area (Å²) in [5, 5.41) is 2.93. The zero-order valence-electron chi connectivity index (χ0n) is 10.8. The average Bonchev–Trinajstić information content (AvgIpc) is 2.22. The molecule has 110 valence electrons. The highest BCUT2D eigenvalue weighted by Crippen LogP contribution is 2.19. The van der Waals surface area contributed by atoms with Gasteiger partial charge in [-0.2, -0.15) is 17.5 Å². The molecule has 0 fully saturated rings. The maximum absolute atomic E-state index is 12.3. The van der Waals surface area contributed by atoms with Crippen molar-refractivity contribution in [1.82, 2.24) is 9.62 Å². The largest absolute Gasteiger partial charge is 0.402 e. The van der Waals surface area contributed by atoms with Crippen molar-refractivity contribution in [3.05, 3.63) is 0 Å². The predicted molar refractivity (Wildman–Crippen MR) is 64.9 cm³/mol. The third-order valence-electron chi connectivity index (χ3n) is 2.23. The highest BCUT2D eigenvalue weighted by molar-refractivity contribution is 7.89. The van der Waals surface area contributed by atoms with Crippen LogP contribution in [0.15, 0.2) is 0 Å². The lowest BCUT2D eigenvalue weighted by molar-refractivity contribution is -0.136. The fourth-order valence-corrected chi connectivity index (χ4v) is 3.02. The number of nitrogens with zero attached hydrogens (tertiary/aromatic N) is 1. The van der Waals surface area contributed by atoms with E-state index in [1.807, 2.05) is 6.92 Å². The molecule has 18 heavy (non-hydrogen) atoms. The molecule has 1 N–H and O–H groups in total. The molecule has 0 aromatic rings. The van der Waals surface area contributed by atoms with Crippen molar-refractivity contribution in [1.29, 1.82) is 0 Å². The van der Waals surface area contributed by atoms with Crippen LogP contribution in [0.25, 0.3) is 0 Å². The van der Waals surface area contributed by atoms with Crippen molar-refractivity contribution in [2.24, 2.45) is 0 Å². The molecule has 0 saturated heterocycles. The number of halogens is 3. The highest BCUT2D eigenvalue weighted by Gasteiger charge is 2.35. The zero-order valence-corrected chi connectivity index (χ0v) is 11.6.